The van der Waals surface area contributed by atoms with E-state index in [1.165, 1.54) is 12.1 Å². The van der Waals surface area contributed by atoms with Crippen molar-refractivity contribution in [2.75, 3.05) is 6.61 Å². The Morgan fingerprint density at radius 2 is 1.37 bits per heavy atom. The minimum absolute atomic E-state index is 0.0929. The maximum atomic E-state index is 13.4. The molecule has 1 unspecified atom stereocenters. The zero-order valence-electron chi connectivity index (χ0n) is 19.4. The molecule has 0 bridgehead atoms. The molecule has 1 aliphatic carbocycles. The van der Waals surface area contributed by atoms with Gasteiger partial charge in [0.15, 0.2) is 21.2 Å². The number of carbonyl (C=O) groups is 2. The molecule has 35 heavy (non-hydrogen) atoms. The number of hydrogen-bond donors (Lipinski definition) is 1. The van der Waals surface area contributed by atoms with Crippen molar-refractivity contribution in [1.82, 2.24) is 5.32 Å². The van der Waals surface area contributed by atoms with Crippen LogP contribution in [0.4, 0.5) is 0 Å². The summed E-state index contributed by atoms with van der Waals surface area (Å²) in [7, 11) is -3.96. The third-order valence-corrected chi connectivity index (χ3v) is 9.00. The molecule has 182 valence electrons. The van der Waals surface area contributed by atoms with Gasteiger partial charge in [-0.15, -0.1) is 0 Å². The van der Waals surface area contributed by atoms with E-state index in [-0.39, 0.29) is 23.8 Å². The van der Waals surface area contributed by atoms with Gasteiger partial charge in [0.05, 0.1) is 10.9 Å². The van der Waals surface area contributed by atoms with E-state index in [2.05, 4.69) is 5.32 Å². The Balaban J connectivity index is 1.46. The van der Waals surface area contributed by atoms with Crippen LogP contribution in [0, 0.1) is 0 Å². The molecule has 0 aromatic heterocycles. The first-order chi connectivity index (χ1) is 16.9. The summed E-state index contributed by atoms with van der Waals surface area (Å²) in [5.74, 6) is -1.33. The molecule has 1 amide bonds. The SMILES string of the molecule is O=C(COC(=O)C1(S(=O)(=O)c2ccccc2)CCCC1)NC(Cc1ccccc1)c1ccccc1. The van der Waals surface area contributed by atoms with Gasteiger partial charge in [-0.3, -0.25) is 9.59 Å². The van der Waals surface area contributed by atoms with E-state index in [9.17, 15) is 18.0 Å². The molecule has 0 saturated heterocycles. The maximum absolute atomic E-state index is 13.4. The molecule has 3 aromatic rings. The van der Waals surface area contributed by atoms with Crippen LogP contribution in [0.25, 0.3) is 0 Å². The molecule has 0 spiro atoms. The molecule has 1 aliphatic rings. The van der Waals surface area contributed by atoms with Crippen LogP contribution < -0.4 is 5.32 Å². The molecule has 1 N–H and O–H groups in total. The van der Waals surface area contributed by atoms with Crippen molar-refractivity contribution in [2.45, 2.75) is 47.8 Å². The number of amides is 1. The van der Waals surface area contributed by atoms with Gasteiger partial charge in [0, 0.05) is 0 Å². The highest BCUT2D eigenvalue weighted by molar-refractivity contribution is 7.93. The summed E-state index contributed by atoms with van der Waals surface area (Å²) in [5.41, 5.74) is 1.98. The number of sulfone groups is 1. The number of ether oxygens (including phenoxy) is 1. The minimum atomic E-state index is -3.96. The number of benzene rings is 3. The summed E-state index contributed by atoms with van der Waals surface area (Å²) >= 11 is 0. The van der Waals surface area contributed by atoms with Crippen molar-refractivity contribution < 1.29 is 22.7 Å². The first-order valence-corrected chi connectivity index (χ1v) is 13.3. The zero-order chi connectivity index (χ0) is 24.7. The molecule has 3 aromatic carbocycles. The lowest BCUT2D eigenvalue weighted by Gasteiger charge is -2.27. The van der Waals surface area contributed by atoms with Crippen LogP contribution in [0.1, 0.15) is 42.9 Å². The summed E-state index contributed by atoms with van der Waals surface area (Å²) in [6.07, 6.45) is 2.16. The van der Waals surface area contributed by atoms with E-state index < -0.39 is 33.1 Å². The topological polar surface area (TPSA) is 89.5 Å². The van der Waals surface area contributed by atoms with E-state index in [4.69, 9.17) is 4.74 Å². The van der Waals surface area contributed by atoms with Gasteiger partial charge >= 0.3 is 5.97 Å². The number of rotatable bonds is 9. The van der Waals surface area contributed by atoms with Gasteiger partial charge < -0.3 is 10.1 Å². The van der Waals surface area contributed by atoms with Crippen molar-refractivity contribution in [2.24, 2.45) is 0 Å². The fourth-order valence-electron chi connectivity index (χ4n) is 4.64. The van der Waals surface area contributed by atoms with Crippen LogP contribution in [0.2, 0.25) is 0 Å². The molecule has 0 aliphatic heterocycles. The Kier molecular flexibility index (Phi) is 7.66. The summed E-state index contributed by atoms with van der Waals surface area (Å²) in [6, 6.07) is 27.0. The highest BCUT2D eigenvalue weighted by Crippen LogP contribution is 2.41. The Labute approximate surface area is 206 Å². The lowest BCUT2D eigenvalue weighted by atomic mass is 9.99. The smallest absolute Gasteiger partial charge is 0.328 e. The first kappa shape index (κ1) is 24.7. The fraction of sp³-hybridized carbons (Fsp3) is 0.286. The van der Waals surface area contributed by atoms with Crippen molar-refractivity contribution in [3.8, 4) is 0 Å². The molecule has 0 radical (unpaired) electrons. The third-order valence-electron chi connectivity index (χ3n) is 6.51. The standard InChI is InChI=1S/C28H29NO5S/c30-26(29-25(23-14-6-2-7-15-23)20-22-12-4-1-5-13-22)21-34-27(31)28(18-10-11-19-28)35(32,33)24-16-8-3-9-17-24/h1-9,12-17,25H,10-11,18-21H2,(H,29,30). The summed E-state index contributed by atoms with van der Waals surface area (Å²) in [5, 5.41) is 2.95. The van der Waals surface area contributed by atoms with E-state index >= 15 is 0 Å². The van der Waals surface area contributed by atoms with Crippen LogP contribution in [0.5, 0.6) is 0 Å². The average molecular weight is 492 g/mol. The van der Waals surface area contributed by atoms with Gasteiger partial charge in [0.2, 0.25) is 0 Å². The van der Waals surface area contributed by atoms with Gasteiger partial charge in [-0.05, 0) is 42.5 Å². The summed E-state index contributed by atoms with van der Waals surface area (Å²) < 4.78 is 30.5. The summed E-state index contributed by atoms with van der Waals surface area (Å²) in [4.78, 5) is 26.1. The molecule has 1 fully saturated rings. The number of hydrogen-bond acceptors (Lipinski definition) is 5. The molecule has 0 heterocycles. The van der Waals surface area contributed by atoms with Gasteiger partial charge in [0.25, 0.3) is 5.91 Å². The highest BCUT2D eigenvalue weighted by atomic mass is 32.2. The van der Waals surface area contributed by atoms with Gasteiger partial charge in [0.1, 0.15) is 0 Å². The lowest BCUT2D eigenvalue weighted by molar-refractivity contribution is -0.151. The first-order valence-electron chi connectivity index (χ1n) is 11.8. The molecule has 7 heteroatoms. The van der Waals surface area contributed by atoms with Gasteiger partial charge in [-0.2, -0.15) is 0 Å². The van der Waals surface area contributed by atoms with Crippen LogP contribution in [0.3, 0.4) is 0 Å². The van der Waals surface area contributed by atoms with E-state index in [0.717, 1.165) is 11.1 Å². The predicted molar refractivity (Wildman–Crippen MR) is 133 cm³/mol. The largest absolute Gasteiger partial charge is 0.454 e. The molecular weight excluding hydrogens is 462 g/mol. The summed E-state index contributed by atoms with van der Waals surface area (Å²) in [6.45, 7) is -0.539. The van der Waals surface area contributed by atoms with Crippen molar-refractivity contribution in [1.29, 1.82) is 0 Å². The Hall–Kier alpha value is -3.45. The molecular formula is C28H29NO5S. The second-order valence-electron chi connectivity index (χ2n) is 8.81. The Morgan fingerprint density at radius 3 is 1.97 bits per heavy atom. The van der Waals surface area contributed by atoms with Crippen LogP contribution in [-0.4, -0.2) is 31.6 Å². The zero-order valence-corrected chi connectivity index (χ0v) is 20.2. The normalized spacial score (nSPS) is 15.8. The number of carbonyl (C=O) groups excluding carboxylic acids is 2. The van der Waals surface area contributed by atoms with Crippen molar-refractivity contribution >= 4 is 21.7 Å². The Bertz CT molecular complexity index is 1240. The monoisotopic (exact) mass is 491 g/mol. The quantitative estimate of drug-likeness (QED) is 0.448. The molecule has 4 rings (SSSR count). The van der Waals surface area contributed by atoms with E-state index in [1.54, 1.807) is 18.2 Å². The molecule has 1 saturated carbocycles. The van der Waals surface area contributed by atoms with Gasteiger partial charge in [-0.1, -0.05) is 91.7 Å². The Morgan fingerprint density at radius 1 is 0.829 bits per heavy atom. The maximum Gasteiger partial charge on any atom is 0.328 e. The second kappa shape index (κ2) is 10.9. The number of esters is 1. The van der Waals surface area contributed by atoms with Crippen LogP contribution in [-0.2, 0) is 30.6 Å². The fourth-order valence-corrected chi connectivity index (χ4v) is 6.71. The van der Waals surface area contributed by atoms with Crippen molar-refractivity contribution in [3.05, 3.63) is 102 Å². The molecule has 1 atom stereocenters. The van der Waals surface area contributed by atoms with Crippen LogP contribution >= 0.6 is 0 Å². The highest BCUT2D eigenvalue weighted by Gasteiger charge is 2.54. The minimum Gasteiger partial charge on any atom is -0.454 e. The second-order valence-corrected chi connectivity index (χ2v) is 11.1. The predicted octanol–water partition coefficient (Wildman–Crippen LogP) is 4.42. The lowest BCUT2D eigenvalue weighted by Crippen LogP contribution is -2.46. The van der Waals surface area contributed by atoms with Gasteiger partial charge in [-0.25, -0.2) is 8.42 Å². The third kappa shape index (κ3) is 5.46. The van der Waals surface area contributed by atoms with Crippen LogP contribution in [0.15, 0.2) is 95.9 Å². The number of nitrogens with one attached hydrogen (secondary N) is 1. The molecule has 6 nitrogen and oxygen atoms in total. The van der Waals surface area contributed by atoms with E-state index in [1.807, 2.05) is 60.7 Å². The van der Waals surface area contributed by atoms with E-state index in [0.29, 0.717) is 19.3 Å². The van der Waals surface area contributed by atoms with Crippen molar-refractivity contribution in [3.63, 3.8) is 0 Å². The average Bonchev–Trinajstić information content (AvgIpc) is 3.41.